The van der Waals surface area contributed by atoms with Crippen LogP contribution in [0.1, 0.15) is 15.9 Å². The number of hydrogen-bond acceptors (Lipinski definition) is 1. The second-order valence-corrected chi connectivity index (χ2v) is 5.29. The lowest BCUT2D eigenvalue weighted by Crippen LogP contribution is -2.05. The molecule has 2 aromatic rings. The number of hydrogen-bond donors (Lipinski definition) is 0. The van der Waals surface area contributed by atoms with Crippen LogP contribution in [-0.2, 0) is 6.42 Å². The lowest BCUT2D eigenvalue weighted by atomic mass is 10.0. The van der Waals surface area contributed by atoms with E-state index in [-0.39, 0.29) is 28.4 Å². The average molecular weight is 346 g/mol. The maximum absolute atomic E-state index is 13.5. The Labute approximate surface area is 122 Å². The Balaban J connectivity index is 2.25. The molecular formula is C14H8BrClF2O. The Morgan fingerprint density at radius 1 is 1.11 bits per heavy atom. The quantitative estimate of drug-likeness (QED) is 0.730. The van der Waals surface area contributed by atoms with E-state index in [1.807, 2.05) is 0 Å². The van der Waals surface area contributed by atoms with Gasteiger partial charge in [0.2, 0.25) is 0 Å². The van der Waals surface area contributed by atoms with Crippen molar-refractivity contribution in [2.45, 2.75) is 6.42 Å². The minimum absolute atomic E-state index is 0.0508. The molecule has 2 aromatic carbocycles. The molecule has 0 aliphatic rings. The highest BCUT2D eigenvalue weighted by Crippen LogP contribution is 2.20. The van der Waals surface area contributed by atoms with Gasteiger partial charge in [-0.1, -0.05) is 27.5 Å². The highest BCUT2D eigenvalue weighted by molar-refractivity contribution is 9.10. The molecule has 2 rings (SSSR count). The van der Waals surface area contributed by atoms with Crippen molar-refractivity contribution in [3.8, 4) is 0 Å². The second-order valence-electron chi connectivity index (χ2n) is 3.96. The van der Waals surface area contributed by atoms with Crippen LogP contribution in [0, 0.1) is 11.6 Å². The van der Waals surface area contributed by atoms with Gasteiger partial charge in [0.05, 0.1) is 5.02 Å². The van der Waals surface area contributed by atoms with E-state index in [0.29, 0.717) is 4.47 Å². The monoisotopic (exact) mass is 344 g/mol. The van der Waals surface area contributed by atoms with Crippen LogP contribution in [0.15, 0.2) is 40.9 Å². The molecular weight excluding hydrogens is 338 g/mol. The first-order valence-corrected chi connectivity index (χ1v) is 6.56. The summed E-state index contributed by atoms with van der Waals surface area (Å²) in [6, 6.07) is 8.13. The smallest absolute Gasteiger partial charge is 0.167 e. The number of ketones is 1. The van der Waals surface area contributed by atoms with Crippen molar-refractivity contribution in [2.75, 3.05) is 0 Å². The van der Waals surface area contributed by atoms with Crippen LogP contribution in [0.3, 0.4) is 0 Å². The van der Waals surface area contributed by atoms with Crippen molar-refractivity contribution in [2.24, 2.45) is 0 Å². The van der Waals surface area contributed by atoms with Gasteiger partial charge in [0.15, 0.2) is 5.78 Å². The summed E-state index contributed by atoms with van der Waals surface area (Å²) in [5, 5.41) is -0.0508. The predicted molar refractivity (Wildman–Crippen MR) is 73.5 cm³/mol. The van der Waals surface area contributed by atoms with Crippen LogP contribution in [0.5, 0.6) is 0 Å². The Morgan fingerprint density at radius 3 is 2.53 bits per heavy atom. The van der Waals surface area contributed by atoms with Crippen molar-refractivity contribution in [1.82, 2.24) is 0 Å². The van der Waals surface area contributed by atoms with E-state index in [2.05, 4.69) is 15.9 Å². The Morgan fingerprint density at radius 2 is 1.84 bits per heavy atom. The van der Waals surface area contributed by atoms with Crippen LogP contribution >= 0.6 is 27.5 Å². The fourth-order valence-electron chi connectivity index (χ4n) is 1.62. The first-order chi connectivity index (χ1) is 8.97. The van der Waals surface area contributed by atoms with E-state index in [1.165, 1.54) is 24.3 Å². The van der Waals surface area contributed by atoms with Gasteiger partial charge in [-0.05, 0) is 42.0 Å². The molecule has 0 radical (unpaired) electrons. The van der Waals surface area contributed by atoms with Gasteiger partial charge in [0.25, 0.3) is 0 Å². The van der Waals surface area contributed by atoms with Crippen molar-refractivity contribution < 1.29 is 13.6 Å². The molecule has 0 saturated carbocycles. The highest BCUT2D eigenvalue weighted by Gasteiger charge is 2.12. The van der Waals surface area contributed by atoms with Crippen LogP contribution in [0.4, 0.5) is 8.78 Å². The molecule has 0 aliphatic heterocycles. The fourth-order valence-corrected chi connectivity index (χ4v) is 2.15. The molecule has 0 N–H and O–H groups in total. The van der Waals surface area contributed by atoms with Crippen molar-refractivity contribution in [3.05, 3.63) is 68.7 Å². The zero-order valence-corrected chi connectivity index (χ0v) is 11.9. The molecule has 19 heavy (non-hydrogen) atoms. The van der Waals surface area contributed by atoms with Gasteiger partial charge in [-0.25, -0.2) is 8.78 Å². The van der Waals surface area contributed by atoms with Gasteiger partial charge in [-0.3, -0.25) is 4.79 Å². The Bertz CT molecular complexity index is 643. The van der Waals surface area contributed by atoms with Crippen LogP contribution in [0.2, 0.25) is 5.02 Å². The molecule has 0 aromatic heterocycles. The minimum Gasteiger partial charge on any atom is -0.294 e. The van der Waals surface area contributed by atoms with Crippen molar-refractivity contribution >= 4 is 33.3 Å². The van der Waals surface area contributed by atoms with E-state index in [1.54, 1.807) is 6.07 Å². The predicted octanol–water partition coefficient (Wildman–Crippen LogP) is 4.81. The maximum Gasteiger partial charge on any atom is 0.167 e. The Hall–Kier alpha value is -1.26. The summed E-state index contributed by atoms with van der Waals surface area (Å²) in [7, 11) is 0. The molecule has 98 valence electrons. The summed E-state index contributed by atoms with van der Waals surface area (Å²) >= 11 is 8.75. The largest absolute Gasteiger partial charge is 0.294 e. The molecule has 0 heterocycles. The molecule has 5 heteroatoms. The highest BCUT2D eigenvalue weighted by atomic mass is 79.9. The van der Waals surface area contributed by atoms with E-state index in [4.69, 9.17) is 11.6 Å². The van der Waals surface area contributed by atoms with Gasteiger partial charge in [0.1, 0.15) is 11.6 Å². The first kappa shape index (κ1) is 14.2. The minimum atomic E-state index is -0.665. The van der Waals surface area contributed by atoms with Crippen LogP contribution in [-0.4, -0.2) is 5.78 Å². The fraction of sp³-hybridized carbons (Fsp3) is 0.0714. The standard InChI is InChI=1S/C14H8BrClF2O/c15-10-2-4-12(17)9(5-10)7-14(19)8-1-3-11(16)13(18)6-8/h1-6H,7H2. The number of benzene rings is 2. The number of carbonyl (C=O) groups excluding carboxylic acids is 1. The molecule has 0 unspecified atom stereocenters. The third kappa shape index (κ3) is 3.39. The molecule has 0 bridgehead atoms. The van der Waals surface area contributed by atoms with Gasteiger partial charge < -0.3 is 0 Å². The van der Waals surface area contributed by atoms with E-state index < -0.39 is 11.6 Å². The number of carbonyl (C=O) groups is 1. The van der Waals surface area contributed by atoms with Crippen LogP contribution in [0.25, 0.3) is 0 Å². The molecule has 0 atom stereocenters. The summed E-state index contributed by atoms with van der Waals surface area (Å²) in [6.07, 6.45) is -0.133. The van der Waals surface area contributed by atoms with Crippen LogP contribution < -0.4 is 0 Å². The molecule has 1 nitrogen and oxygen atoms in total. The summed E-state index contributed by atoms with van der Waals surface area (Å²) in [5.41, 5.74) is 0.427. The normalized spacial score (nSPS) is 10.5. The third-order valence-corrected chi connectivity index (χ3v) is 3.40. The summed E-state index contributed by atoms with van der Waals surface area (Å²) in [6.45, 7) is 0. The summed E-state index contributed by atoms with van der Waals surface area (Å²) in [4.78, 5) is 11.9. The topological polar surface area (TPSA) is 17.1 Å². The zero-order chi connectivity index (χ0) is 14.0. The first-order valence-electron chi connectivity index (χ1n) is 5.39. The maximum atomic E-state index is 13.5. The molecule has 0 saturated heterocycles. The summed E-state index contributed by atoms with van der Waals surface area (Å²) in [5.74, 6) is -1.50. The number of rotatable bonds is 3. The number of Topliss-reactive ketones (excluding diaryl/α,β-unsaturated/α-hetero) is 1. The van der Waals surface area contributed by atoms with Gasteiger partial charge in [-0.15, -0.1) is 0 Å². The lowest BCUT2D eigenvalue weighted by molar-refractivity contribution is 0.0991. The number of halogens is 4. The Kier molecular flexibility index (Phi) is 4.32. The van der Waals surface area contributed by atoms with Gasteiger partial charge in [0, 0.05) is 16.5 Å². The molecule has 0 aliphatic carbocycles. The van der Waals surface area contributed by atoms with Crippen molar-refractivity contribution in [3.63, 3.8) is 0 Å². The lowest BCUT2D eigenvalue weighted by Gasteiger charge is -2.04. The summed E-state index contributed by atoms with van der Waals surface area (Å²) < 4.78 is 27.5. The molecule has 0 fully saturated rings. The van der Waals surface area contributed by atoms with E-state index >= 15 is 0 Å². The second kappa shape index (κ2) is 5.80. The zero-order valence-electron chi connectivity index (χ0n) is 9.59. The van der Waals surface area contributed by atoms with Crippen molar-refractivity contribution in [1.29, 1.82) is 0 Å². The molecule has 0 amide bonds. The SMILES string of the molecule is O=C(Cc1cc(Br)ccc1F)c1ccc(Cl)c(F)c1. The third-order valence-electron chi connectivity index (χ3n) is 2.60. The van der Waals surface area contributed by atoms with E-state index in [0.717, 1.165) is 6.07 Å². The van der Waals surface area contributed by atoms with Gasteiger partial charge >= 0.3 is 0 Å². The molecule has 0 spiro atoms. The van der Waals surface area contributed by atoms with Gasteiger partial charge in [-0.2, -0.15) is 0 Å². The average Bonchev–Trinajstić information content (AvgIpc) is 2.37. The van der Waals surface area contributed by atoms with E-state index in [9.17, 15) is 13.6 Å².